The summed E-state index contributed by atoms with van der Waals surface area (Å²) < 4.78 is 16.2. The summed E-state index contributed by atoms with van der Waals surface area (Å²) in [6.45, 7) is 0. The number of benzene rings is 2. The van der Waals surface area contributed by atoms with Gasteiger partial charge in [0, 0.05) is 17.2 Å². The SMILES string of the molecule is COc1ccc(C(=O)c2cc(SC)c(-c3ccc(OC)cc3)o2)cc1. The van der Waals surface area contributed by atoms with Gasteiger partial charge in [0.2, 0.25) is 5.78 Å². The summed E-state index contributed by atoms with van der Waals surface area (Å²) in [7, 11) is 3.22. The van der Waals surface area contributed by atoms with Gasteiger partial charge in [0.15, 0.2) is 5.76 Å². The zero-order valence-corrected chi connectivity index (χ0v) is 15.1. The highest BCUT2D eigenvalue weighted by atomic mass is 32.2. The Hall–Kier alpha value is -2.66. The van der Waals surface area contributed by atoms with Gasteiger partial charge in [-0.15, -0.1) is 11.8 Å². The van der Waals surface area contributed by atoms with E-state index in [9.17, 15) is 4.79 Å². The molecule has 0 atom stereocenters. The quantitative estimate of drug-likeness (QED) is 0.465. The summed E-state index contributed by atoms with van der Waals surface area (Å²) in [4.78, 5) is 13.6. The molecule has 0 aliphatic carbocycles. The van der Waals surface area contributed by atoms with E-state index < -0.39 is 0 Å². The Morgan fingerprint density at radius 2 is 1.48 bits per heavy atom. The number of methoxy groups -OCH3 is 2. The van der Waals surface area contributed by atoms with Gasteiger partial charge in [0.05, 0.1) is 19.1 Å². The van der Waals surface area contributed by atoms with Crippen LogP contribution in [0.25, 0.3) is 11.3 Å². The van der Waals surface area contributed by atoms with E-state index in [2.05, 4.69) is 0 Å². The molecule has 2 aromatic carbocycles. The van der Waals surface area contributed by atoms with Crippen molar-refractivity contribution in [3.63, 3.8) is 0 Å². The lowest BCUT2D eigenvalue weighted by molar-refractivity contribution is 0.101. The fourth-order valence-electron chi connectivity index (χ4n) is 2.47. The monoisotopic (exact) mass is 354 g/mol. The number of ether oxygens (including phenoxy) is 2. The third-order valence-electron chi connectivity index (χ3n) is 3.85. The molecule has 0 N–H and O–H groups in total. The Morgan fingerprint density at radius 1 is 0.920 bits per heavy atom. The molecule has 25 heavy (non-hydrogen) atoms. The second-order valence-corrected chi connectivity index (χ2v) is 6.14. The van der Waals surface area contributed by atoms with Crippen molar-refractivity contribution in [2.24, 2.45) is 0 Å². The topological polar surface area (TPSA) is 48.7 Å². The highest BCUT2D eigenvalue weighted by molar-refractivity contribution is 7.98. The van der Waals surface area contributed by atoms with Crippen molar-refractivity contribution < 1.29 is 18.7 Å². The maximum absolute atomic E-state index is 12.7. The largest absolute Gasteiger partial charge is 0.497 e. The highest BCUT2D eigenvalue weighted by Gasteiger charge is 2.19. The van der Waals surface area contributed by atoms with Gasteiger partial charge in [-0.2, -0.15) is 0 Å². The molecule has 0 radical (unpaired) electrons. The standard InChI is InChI=1S/C20H18O4S/c1-22-15-8-4-13(5-9-15)19(21)17-12-18(25-3)20(24-17)14-6-10-16(23-2)11-7-14/h4-12H,1-3H3. The third kappa shape index (κ3) is 3.56. The van der Waals surface area contributed by atoms with Crippen LogP contribution in [0.15, 0.2) is 63.9 Å². The number of rotatable bonds is 6. The van der Waals surface area contributed by atoms with Gasteiger partial charge in [0.1, 0.15) is 17.3 Å². The zero-order valence-electron chi connectivity index (χ0n) is 14.2. The average Bonchev–Trinajstić information content (AvgIpc) is 3.12. The molecule has 0 saturated carbocycles. The Bertz CT molecular complexity index is 864. The highest BCUT2D eigenvalue weighted by Crippen LogP contribution is 2.35. The Morgan fingerprint density at radius 3 is 2.00 bits per heavy atom. The first kappa shape index (κ1) is 17.2. The Kier molecular flexibility index (Phi) is 5.14. The summed E-state index contributed by atoms with van der Waals surface area (Å²) in [6.07, 6.45) is 1.96. The van der Waals surface area contributed by atoms with Crippen molar-refractivity contribution >= 4 is 17.5 Å². The maximum atomic E-state index is 12.7. The van der Waals surface area contributed by atoms with Gasteiger partial charge in [0.25, 0.3) is 0 Å². The van der Waals surface area contributed by atoms with Crippen LogP contribution >= 0.6 is 11.8 Å². The maximum Gasteiger partial charge on any atom is 0.228 e. The van der Waals surface area contributed by atoms with E-state index in [1.165, 1.54) is 0 Å². The van der Waals surface area contributed by atoms with Gasteiger partial charge in [-0.05, 0) is 54.8 Å². The van der Waals surface area contributed by atoms with E-state index >= 15 is 0 Å². The number of hydrogen-bond acceptors (Lipinski definition) is 5. The van der Waals surface area contributed by atoms with Gasteiger partial charge >= 0.3 is 0 Å². The molecule has 3 rings (SSSR count). The van der Waals surface area contributed by atoms with Gasteiger partial charge < -0.3 is 13.9 Å². The molecule has 1 heterocycles. The Balaban J connectivity index is 1.94. The summed E-state index contributed by atoms with van der Waals surface area (Å²) in [5, 5.41) is 0. The molecule has 0 spiro atoms. The van der Waals surface area contributed by atoms with E-state index in [4.69, 9.17) is 13.9 Å². The molecule has 0 saturated heterocycles. The summed E-state index contributed by atoms with van der Waals surface area (Å²) >= 11 is 1.54. The molecule has 0 bridgehead atoms. The molecule has 1 aromatic heterocycles. The molecule has 0 unspecified atom stereocenters. The van der Waals surface area contributed by atoms with Crippen molar-refractivity contribution in [1.82, 2.24) is 0 Å². The molecule has 3 aromatic rings. The van der Waals surface area contributed by atoms with E-state index in [1.54, 1.807) is 56.3 Å². The first-order valence-corrected chi connectivity index (χ1v) is 8.89. The molecule has 4 nitrogen and oxygen atoms in total. The fraction of sp³-hybridized carbons (Fsp3) is 0.150. The minimum absolute atomic E-state index is 0.155. The van der Waals surface area contributed by atoms with E-state index in [0.29, 0.717) is 22.8 Å². The van der Waals surface area contributed by atoms with Crippen LogP contribution in [-0.4, -0.2) is 26.3 Å². The minimum Gasteiger partial charge on any atom is -0.497 e. The summed E-state index contributed by atoms with van der Waals surface area (Å²) in [5.41, 5.74) is 1.46. The lowest BCUT2D eigenvalue weighted by Gasteiger charge is -2.03. The summed E-state index contributed by atoms with van der Waals surface area (Å²) in [6, 6.07) is 16.3. The summed E-state index contributed by atoms with van der Waals surface area (Å²) in [5.74, 6) is 2.33. The first-order valence-electron chi connectivity index (χ1n) is 7.67. The predicted octanol–water partition coefficient (Wildman–Crippen LogP) is 4.92. The van der Waals surface area contributed by atoms with Crippen LogP contribution in [0.4, 0.5) is 0 Å². The lowest BCUT2D eigenvalue weighted by atomic mass is 10.1. The van der Waals surface area contributed by atoms with Crippen LogP contribution in [0.1, 0.15) is 16.1 Å². The molecule has 0 amide bonds. The molecular weight excluding hydrogens is 336 g/mol. The smallest absolute Gasteiger partial charge is 0.228 e. The zero-order chi connectivity index (χ0) is 17.8. The first-order chi connectivity index (χ1) is 12.2. The number of carbonyl (C=O) groups is 1. The second kappa shape index (κ2) is 7.49. The number of thioether (sulfide) groups is 1. The van der Waals surface area contributed by atoms with Crippen LogP contribution in [0.3, 0.4) is 0 Å². The fourth-order valence-corrected chi connectivity index (χ4v) is 3.04. The number of furan rings is 1. The van der Waals surface area contributed by atoms with Crippen LogP contribution in [0, 0.1) is 0 Å². The van der Waals surface area contributed by atoms with Crippen molar-refractivity contribution in [3.05, 3.63) is 65.9 Å². The van der Waals surface area contributed by atoms with Crippen LogP contribution < -0.4 is 9.47 Å². The van der Waals surface area contributed by atoms with Gasteiger partial charge in [-0.1, -0.05) is 0 Å². The van der Waals surface area contributed by atoms with Crippen molar-refractivity contribution in [2.45, 2.75) is 4.90 Å². The molecule has 0 aliphatic heterocycles. The van der Waals surface area contributed by atoms with Crippen LogP contribution in [0.5, 0.6) is 11.5 Å². The molecule has 5 heteroatoms. The van der Waals surface area contributed by atoms with Crippen molar-refractivity contribution in [2.75, 3.05) is 20.5 Å². The predicted molar refractivity (Wildman–Crippen MR) is 98.9 cm³/mol. The molecule has 0 fully saturated rings. The van der Waals surface area contributed by atoms with Crippen molar-refractivity contribution in [3.8, 4) is 22.8 Å². The normalized spacial score (nSPS) is 10.5. The van der Waals surface area contributed by atoms with Crippen molar-refractivity contribution in [1.29, 1.82) is 0 Å². The number of hydrogen-bond donors (Lipinski definition) is 0. The van der Waals surface area contributed by atoms with Gasteiger partial charge in [-0.25, -0.2) is 0 Å². The average molecular weight is 354 g/mol. The number of carbonyl (C=O) groups excluding carboxylic acids is 1. The molecule has 0 aliphatic rings. The second-order valence-electron chi connectivity index (χ2n) is 5.29. The molecular formula is C20H18O4S. The Labute approximate surface area is 150 Å². The van der Waals surface area contributed by atoms with Crippen LogP contribution in [-0.2, 0) is 0 Å². The minimum atomic E-state index is -0.155. The van der Waals surface area contributed by atoms with Crippen LogP contribution in [0.2, 0.25) is 0 Å². The third-order valence-corrected chi connectivity index (χ3v) is 4.59. The van der Waals surface area contributed by atoms with E-state index in [1.807, 2.05) is 30.5 Å². The van der Waals surface area contributed by atoms with E-state index in [-0.39, 0.29) is 5.78 Å². The van der Waals surface area contributed by atoms with E-state index in [0.717, 1.165) is 16.2 Å². The lowest BCUT2D eigenvalue weighted by Crippen LogP contribution is -1.99. The number of ketones is 1. The van der Waals surface area contributed by atoms with Gasteiger partial charge in [-0.3, -0.25) is 4.79 Å². The molecule has 128 valence electrons.